The van der Waals surface area contributed by atoms with Crippen LogP contribution < -0.4 is 11.5 Å². The fraction of sp³-hybridized carbons (Fsp3) is 0.214. The van der Waals surface area contributed by atoms with Crippen molar-refractivity contribution < 1.29 is 4.39 Å². The van der Waals surface area contributed by atoms with Gasteiger partial charge < -0.3 is 11.5 Å². The van der Waals surface area contributed by atoms with Crippen LogP contribution in [0.15, 0.2) is 42.6 Å². The summed E-state index contributed by atoms with van der Waals surface area (Å²) in [5, 5.41) is 0. The van der Waals surface area contributed by atoms with Crippen LogP contribution in [0.1, 0.15) is 16.7 Å². The predicted octanol–water partition coefficient (Wildman–Crippen LogP) is 2.14. The second-order valence-corrected chi connectivity index (χ2v) is 4.32. The number of aryl methyl sites for hydroxylation is 1. The molecule has 4 heteroatoms. The summed E-state index contributed by atoms with van der Waals surface area (Å²) in [7, 11) is 0. The lowest BCUT2D eigenvalue weighted by Gasteiger charge is -2.26. The first-order valence-corrected chi connectivity index (χ1v) is 5.75. The first-order chi connectivity index (χ1) is 8.58. The van der Waals surface area contributed by atoms with Gasteiger partial charge >= 0.3 is 0 Å². The van der Waals surface area contributed by atoms with Gasteiger partial charge in [0.15, 0.2) is 5.67 Å². The average molecular weight is 245 g/mol. The molecular formula is C14H16FN3. The summed E-state index contributed by atoms with van der Waals surface area (Å²) in [6.07, 6.45) is 1.61. The number of nitrogen functional groups attached to an aromatic ring is 1. The number of rotatable bonds is 3. The van der Waals surface area contributed by atoms with Crippen molar-refractivity contribution in [2.75, 3.05) is 12.3 Å². The lowest BCUT2D eigenvalue weighted by molar-refractivity contribution is 0.233. The van der Waals surface area contributed by atoms with Gasteiger partial charge in [0.1, 0.15) is 5.82 Å². The third-order valence-corrected chi connectivity index (χ3v) is 2.99. The Bertz CT molecular complexity index is 542. The molecule has 0 aliphatic heterocycles. The molecule has 1 unspecified atom stereocenters. The molecule has 1 aromatic carbocycles. The Kier molecular flexibility index (Phi) is 3.30. The maximum atomic E-state index is 15.2. The van der Waals surface area contributed by atoms with E-state index in [9.17, 15) is 0 Å². The summed E-state index contributed by atoms with van der Waals surface area (Å²) >= 11 is 0. The highest BCUT2D eigenvalue weighted by Gasteiger charge is 2.35. The quantitative estimate of drug-likeness (QED) is 0.870. The van der Waals surface area contributed by atoms with E-state index in [1.165, 1.54) is 0 Å². The molecule has 0 bridgehead atoms. The van der Waals surface area contributed by atoms with E-state index < -0.39 is 5.67 Å². The second kappa shape index (κ2) is 4.74. The van der Waals surface area contributed by atoms with Crippen molar-refractivity contribution in [1.29, 1.82) is 0 Å². The normalized spacial score (nSPS) is 14.2. The standard InChI is InChI=1S/C14H16FN3/c1-10-7-12(13(17)18-8-10)14(15,9-16)11-5-3-2-4-6-11/h2-8H,9,16H2,1H3,(H2,17,18). The van der Waals surface area contributed by atoms with Gasteiger partial charge in [0.2, 0.25) is 0 Å². The first kappa shape index (κ1) is 12.5. The van der Waals surface area contributed by atoms with Crippen LogP contribution in [-0.2, 0) is 5.67 Å². The van der Waals surface area contributed by atoms with Gasteiger partial charge in [-0.15, -0.1) is 0 Å². The third-order valence-electron chi connectivity index (χ3n) is 2.99. The smallest absolute Gasteiger partial charge is 0.176 e. The maximum absolute atomic E-state index is 15.2. The molecule has 0 spiro atoms. The van der Waals surface area contributed by atoms with E-state index in [1.807, 2.05) is 13.0 Å². The lowest BCUT2D eigenvalue weighted by Crippen LogP contribution is -2.32. The Hall–Kier alpha value is -1.94. The van der Waals surface area contributed by atoms with Gasteiger partial charge in [0.05, 0.1) is 0 Å². The molecule has 0 fully saturated rings. The molecule has 0 saturated carbocycles. The van der Waals surface area contributed by atoms with Gasteiger partial charge in [-0.3, -0.25) is 0 Å². The molecule has 94 valence electrons. The van der Waals surface area contributed by atoms with Crippen molar-refractivity contribution >= 4 is 5.82 Å². The van der Waals surface area contributed by atoms with Crippen LogP contribution in [0, 0.1) is 6.92 Å². The highest BCUT2D eigenvalue weighted by Crippen LogP contribution is 2.35. The minimum Gasteiger partial charge on any atom is -0.383 e. The molecule has 0 aliphatic rings. The first-order valence-electron chi connectivity index (χ1n) is 5.75. The zero-order valence-electron chi connectivity index (χ0n) is 10.2. The minimum atomic E-state index is -1.80. The molecule has 4 N–H and O–H groups in total. The van der Waals surface area contributed by atoms with Crippen LogP contribution in [0.3, 0.4) is 0 Å². The van der Waals surface area contributed by atoms with Crippen molar-refractivity contribution in [3.63, 3.8) is 0 Å². The van der Waals surface area contributed by atoms with Gasteiger partial charge in [-0.2, -0.15) is 0 Å². The fourth-order valence-electron chi connectivity index (χ4n) is 1.98. The molecular weight excluding hydrogens is 229 g/mol. The van der Waals surface area contributed by atoms with Crippen molar-refractivity contribution in [2.45, 2.75) is 12.6 Å². The monoisotopic (exact) mass is 245 g/mol. The highest BCUT2D eigenvalue weighted by atomic mass is 19.1. The summed E-state index contributed by atoms with van der Waals surface area (Å²) in [5.74, 6) is 0.178. The molecule has 1 heterocycles. The number of hydrogen-bond acceptors (Lipinski definition) is 3. The Labute approximate surface area is 106 Å². The van der Waals surface area contributed by atoms with Gasteiger partial charge in [0.25, 0.3) is 0 Å². The minimum absolute atomic E-state index is 0.174. The van der Waals surface area contributed by atoms with Crippen LogP contribution in [0.2, 0.25) is 0 Å². The Morgan fingerprint density at radius 1 is 1.28 bits per heavy atom. The molecule has 0 aliphatic carbocycles. The van der Waals surface area contributed by atoms with Crippen LogP contribution >= 0.6 is 0 Å². The predicted molar refractivity (Wildman–Crippen MR) is 70.8 cm³/mol. The second-order valence-electron chi connectivity index (χ2n) is 4.32. The van der Waals surface area contributed by atoms with E-state index >= 15 is 4.39 Å². The number of aromatic nitrogens is 1. The fourth-order valence-corrected chi connectivity index (χ4v) is 1.98. The number of halogens is 1. The highest BCUT2D eigenvalue weighted by molar-refractivity contribution is 5.50. The van der Waals surface area contributed by atoms with Crippen molar-refractivity contribution in [3.8, 4) is 0 Å². The summed E-state index contributed by atoms with van der Waals surface area (Å²) in [4.78, 5) is 4.00. The number of hydrogen-bond donors (Lipinski definition) is 2. The number of benzene rings is 1. The largest absolute Gasteiger partial charge is 0.383 e. The topological polar surface area (TPSA) is 64.9 Å². The molecule has 1 aromatic heterocycles. The molecule has 2 rings (SSSR count). The lowest BCUT2D eigenvalue weighted by atomic mass is 9.88. The Morgan fingerprint density at radius 2 is 1.94 bits per heavy atom. The molecule has 0 radical (unpaired) electrons. The summed E-state index contributed by atoms with van der Waals surface area (Å²) in [5.41, 5.74) is 11.3. The molecule has 2 aromatic rings. The molecule has 3 nitrogen and oxygen atoms in total. The average Bonchev–Trinajstić information content (AvgIpc) is 2.41. The van der Waals surface area contributed by atoms with Gasteiger partial charge in [-0.25, -0.2) is 9.37 Å². The van der Waals surface area contributed by atoms with Gasteiger partial charge in [0, 0.05) is 18.3 Å². The summed E-state index contributed by atoms with van der Waals surface area (Å²) in [6, 6.07) is 10.5. The molecule has 0 amide bonds. The van der Waals surface area contributed by atoms with Crippen LogP contribution in [0.5, 0.6) is 0 Å². The van der Waals surface area contributed by atoms with E-state index in [-0.39, 0.29) is 12.4 Å². The molecule has 1 atom stereocenters. The summed E-state index contributed by atoms with van der Waals surface area (Å²) in [6.45, 7) is 1.67. The van der Waals surface area contributed by atoms with Gasteiger partial charge in [-0.1, -0.05) is 30.3 Å². The molecule has 0 saturated heterocycles. The zero-order chi connectivity index (χ0) is 13.2. The van der Waals surface area contributed by atoms with Crippen molar-refractivity contribution in [2.24, 2.45) is 5.73 Å². The van der Waals surface area contributed by atoms with E-state index in [2.05, 4.69) is 4.98 Å². The third kappa shape index (κ3) is 2.07. The van der Waals surface area contributed by atoms with Crippen LogP contribution in [-0.4, -0.2) is 11.5 Å². The van der Waals surface area contributed by atoms with E-state index in [0.717, 1.165) is 5.56 Å². The van der Waals surface area contributed by atoms with E-state index in [1.54, 1.807) is 36.5 Å². The van der Waals surface area contributed by atoms with E-state index in [4.69, 9.17) is 11.5 Å². The zero-order valence-corrected chi connectivity index (χ0v) is 10.2. The van der Waals surface area contributed by atoms with Crippen LogP contribution in [0.4, 0.5) is 10.2 Å². The number of pyridine rings is 1. The Morgan fingerprint density at radius 3 is 2.56 bits per heavy atom. The number of anilines is 1. The van der Waals surface area contributed by atoms with Crippen LogP contribution in [0.25, 0.3) is 0 Å². The van der Waals surface area contributed by atoms with Crippen molar-refractivity contribution in [1.82, 2.24) is 4.98 Å². The number of nitrogens with zero attached hydrogens (tertiary/aromatic N) is 1. The number of nitrogens with two attached hydrogens (primary N) is 2. The maximum Gasteiger partial charge on any atom is 0.176 e. The molecule has 18 heavy (non-hydrogen) atoms. The van der Waals surface area contributed by atoms with Gasteiger partial charge in [-0.05, 0) is 24.1 Å². The SMILES string of the molecule is Cc1cnc(N)c(C(F)(CN)c2ccccc2)c1. The Balaban J connectivity index is 2.60. The summed E-state index contributed by atoms with van der Waals surface area (Å²) < 4.78 is 15.2. The van der Waals surface area contributed by atoms with E-state index in [0.29, 0.717) is 11.1 Å². The van der Waals surface area contributed by atoms with Crippen molar-refractivity contribution in [3.05, 3.63) is 59.3 Å². The number of alkyl halides is 1.